The molecule has 1 atom stereocenters. The van der Waals surface area contributed by atoms with Crippen LogP contribution in [0.3, 0.4) is 0 Å². The van der Waals surface area contributed by atoms with E-state index < -0.39 is 0 Å². The van der Waals surface area contributed by atoms with Crippen molar-refractivity contribution >= 4 is 22.6 Å². The predicted octanol–water partition coefficient (Wildman–Crippen LogP) is 4.89. The number of H-pyrrole nitrogens is 1. The maximum absolute atomic E-state index is 12.8. The van der Waals surface area contributed by atoms with Gasteiger partial charge in [-0.1, -0.05) is 63.2 Å². The molecule has 0 saturated carbocycles. The van der Waals surface area contributed by atoms with E-state index >= 15 is 0 Å². The number of benzene rings is 2. The smallest absolute Gasteiger partial charge is 0.268 e. The highest BCUT2D eigenvalue weighted by Crippen LogP contribution is 2.33. The highest BCUT2D eigenvalue weighted by Gasteiger charge is 2.28. The monoisotopic (exact) mass is 348 g/mol. The van der Waals surface area contributed by atoms with Crippen molar-refractivity contribution < 1.29 is 9.59 Å². The van der Waals surface area contributed by atoms with Gasteiger partial charge in [0, 0.05) is 16.5 Å². The number of para-hydroxylation sites is 1. The van der Waals surface area contributed by atoms with Gasteiger partial charge in [0.1, 0.15) is 5.69 Å². The summed E-state index contributed by atoms with van der Waals surface area (Å²) >= 11 is 0. The number of rotatable bonds is 4. The van der Waals surface area contributed by atoms with E-state index in [1.54, 1.807) is 6.92 Å². The van der Waals surface area contributed by atoms with Crippen LogP contribution in [0.25, 0.3) is 10.9 Å². The van der Waals surface area contributed by atoms with Gasteiger partial charge in [-0.2, -0.15) is 0 Å². The normalized spacial score (nSPS) is 12.8. The summed E-state index contributed by atoms with van der Waals surface area (Å²) in [7, 11) is 0. The van der Waals surface area contributed by atoms with Gasteiger partial charge < -0.3 is 10.3 Å². The fourth-order valence-electron chi connectivity index (χ4n) is 3.11. The Morgan fingerprint density at radius 1 is 1.00 bits per heavy atom. The van der Waals surface area contributed by atoms with Crippen LogP contribution in [0.5, 0.6) is 0 Å². The van der Waals surface area contributed by atoms with Crippen LogP contribution in [0.15, 0.2) is 54.6 Å². The summed E-state index contributed by atoms with van der Waals surface area (Å²) in [5.41, 5.74) is 2.95. The van der Waals surface area contributed by atoms with Crippen molar-refractivity contribution in [3.8, 4) is 0 Å². The van der Waals surface area contributed by atoms with E-state index in [0.717, 1.165) is 16.5 Å². The van der Waals surface area contributed by atoms with Crippen LogP contribution in [-0.4, -0.2) is 16.7 Å². The average molecular weight is 348 g/mol. The standard InChI is InChI=1S/C22H24N2O2/c1-14(25)15-9-11-16(12-10-15)20(22(2,3)4)24-21(26)19-13-17-7-5-6-8-18(17)23-19/h5-13,20,23H,1-4H3,(H,24,26). The summed E-state index contributed by atoms with van der Waals surface area (Å²) in [6.45, 7) is 7.81. The number of hydrogen-bond donors (Lipinski definition) is 2. The van der Waals surface area contributed by atoms with E-state index in [1.165, 1.54) is 0 Å². The lowest BCUT2D eigenvalue weighted by molar-refractivity contribution is 0.0896. The Morgan fingerprint density at radius 3 is 2.23 bits per heavy atom. The number of fused-ring (bicyclic) bond motifs is 1. The summed E-state index contributed by atoms with van der Waals surface area (Å²) in [5.74, 6) is -0.109. The molecular formula is C22H24N2O2. The van der Waals surface area contributed by atoms with Gasteiger partial charge in [-0.15, -0.1) is 0 Å². The molecule has 1 unspecified atom stereocenters. The maximum Gasteiger partial charge on any atom is 0.268 e. The van der Waals surface area contributed by atoms with Crippen LogP contribution in [0.2, 0.25) is 0 Å². The molecule has 1 heterocycles. The van der Waals surface area contributed by atoms with E-state index in [1.807, 2.05) is 54.6 Å². The van der Waals surface area contributed by atoms with Gasteiger partial charge >= 0.3 is 0 Å². The van der Waals surface area contributed by atoms with Crippen molar-refractivity contribution in [1.82, 2.24) is 10.3 Å². The first-order valence-electron chi connectivity index (χ1n) is 8.75. The topological polar surface area (TPSA) is 62.0 Å². The van der Waals surface area contributed by atoms with Gasteiger partial charge in [0.05, 0.1) is 6.04 Å². The minimum atomic E-state index is -0.181. The zero-order valence-corrected chi connectivity index (χ0v) is 15.6. The Balaban J connectivity index is 1.88. The molecule has 0 aliphatic rings. The third kappa shape index (κ3) is 3.69. The zero-order valence-electron chi connectivity index (χ0n) is 15.6. The number of carbonyl (C=O) groups excluding carboxylic acids is 2. The van der Waals surface area contributed by atoms with Gasteiger partial charge in [0.15, 0.2) is 5.78 Å². The molecule has 0 bridgehead atoms. The number of Topliss-reactive ketones (excluding diaryl/α,β-unsaturated/α-hetero) is 1. The molecule has 0 radical (unpaired) electrons. The van der Waals surface area contributed by atoms with Gasteiger partial charge in [0.2, 0.25) is 0 Å². The SMILES string of the molecule is CC(=O)c1ccc(C(NC(=O)c2cc3ccccc3[nH]2)C(C)(C)C)cc1. The Kier molecular flexibility index (Phi) is 4.68. The minimum absolute atomic E-state index is 0.0333. The second kappa shape index (κ2) is 6.79. The molecule has 0 aliphatic heterocycles. The maximum atomic E-state index is 12.8. The van der Waals surface area contributed by atoms with Crippen LogP contribution in [0.4, 0.5) is 0 Å². The number of aromatic nitrogens is 1. The fourth-order valence-corrected chi connectivity index (χ4v) is 3.11. The molecule has 1 aromatic heterocycles. The molecule has 2 aromatic carbocycles. The zero-order chi connectivity index (χ0) is 18.9. The highest BCUT2D eigenvalue weighted by atomic mass is 16.2. The van der Waals surface area contributed by atoms with Crippen molar-refractivity contribution in [3.63, 3.8) is 0 Å². The molecule has 0 spiro atoms. The van der Waals surface area contributed by atoms with Crippen LogP contribution < -0.4 is 5.32 Å². The number of ketones is 1. The predicted molar refractivity (Wildman–Crippen MR) is 104 cm³/mol. The van der Waals surface area contributed by atoms with E-state index in [4.69, 9.17) is 0 Å². The number of aromatic amines is 1. The largest absolute Gasteiger partial charge is 0.351 e. The first-order chi connectivity index (χ1) is 12.3. The molecular weight excluding hydrogens is 324 g/mol. The fraction of sp³-hybridized carbons (Fsp3) is 0.273. The molecule has 1 amide bonds. The number of hydrogen-bond acceptors (Lipinski definition) is 2. The van der Waals surface area contributed by atoms with Gasteiger partial charge in [0.25, 0.3) is 5.91 Å². The van der Waals surface area contributed by atoms with Gasteiger partial charge in [-0.3, -0.25) is 9.59 Å². The molecule has 3 aromatic rings. The lowest BCUT2D eigenvalue weighted by Crippen LogP contribution is -2.36. The molecule has 0 saturated heterocycles. The third-order valence-electron chi connectivity index (χ3n) is 4.57. The van der Waals surface area contributed by atoms with E-state index in [9.17, 15) is 9.59 Å². The molecule has 0 aliphatic carbocycles. The summed E-state index contributed by atoms with van der Waals surface area (Å²) in [6.07, 6.45) is 0. The lowest BCUT2D eigenvalue weighted by Gasteiger charge is -2.32. The molecule has 0 fully saturated rings. The van der Waals surface area contributed by atoms with Crippen LogP contribution in [0.1, 0.15) is 60.1 Å². The van der Waals surface area contributed by atoms with Crippen molar-refractivity contribution in [2.45, 2.75) is 33.7 Å². The summed E-state index contributed by atoms with van der Waals surface area (Å²) in [4.78, 5) is 27.5. The lowest BCUT2D eigenvalue weighted by atomic mass is 9.82. The molecule has 4 heteroatoms. The Bertz CT molecular complexity index is 913. The quantitative estimate of drug-likeness (QED) is 0.660. The van der Waals surface area contributed by atoms with E-state index in [0.29, 0.717) is 11.3 Å². The number of carbonyl (C=O) groups is 2. The van der Waals surface area contributed by atoms with Crippen LogP contribution in [-0.2, 0) is 0 Å². The van der Waals surface area contributed by atoms with Crippen molar-refractivity contribution in [1.29, 1.82) is 0 Å². The second-order valence-corrected chi connectivity index (χ2v) is 7.72. The Labute approximate surface area is 153 Å². The molecule has 4 nitrogen and oxygen atoms in total. The number of nitrogens with one attached hydrogen (secondary N) is 2. The van der Waals surface area contributed by atoms with Crippen molar-refractivity contribution in [2.24, 2.45) is 5.41 Å². The highest BCUT2D eigenvalue weighted by molar-refractivity contribution is 5.98. The van der Waals surface area contributed by atoms with Crippen LogP contribution >= 0.6 is 0 Å². The van der Waals surface area contributed by atoms with Crippen molar-refractivity contribution in [2.75, 3.05) is 0 Å². The Morgan fingerprint density at radius 2 is 1.65 bits per heavy atom. The molecule has 134 valence electrons. The molecule has 26 heavy (non-hydrogen) atoms. The number of amides is 1. The molecule has 2 N–H and O–H groups in total. The van der Waals surface area contributed by atoms with Crippen molar-refractivity contribution in [3.05, 3.63) is 71.4 Å². The third-order valence-corrected chi connectivity index (χ3v) is 4.57. The second-order valence-electron chi connectivity index (χ2n) is 7.72. The van der Waals surface area contributed by atoms with E-state index in [2.05, 4.69) is 31.1 Å². The van der Waals surface area contributed by atoms with E-state index in [-0.39, 0.29) is 23.1 Å². The Hall–Kier alpha value is -2.88. The first-order valence-corrected chi connectivity index (χ1v) is 8.75. The first kappa shape index (κ1) is 17.9. The summed E-state index contributed by atoms with van der Waals surface area (Å²) in [5, 5.41) is 4.15. The average Bonchev–Trinajstić information content (AvgIpc) is 3.03. The summed E-state index contributed by atoms with van der Waals surface area (Å²) in [6, 6.07) is 17.0. The molecule has 3 rings (SSSR count). The van der Waals surface area contributed by atoms with Gasteiger partial charge in [-0.25, -0.2) is 0 Å². The minimum Gasteiger partial charge on any atom is -0.351 e. The van der Waals surface area contributed by atoms with Crippen LogP contribution in [0, 0.1) is 5.41 Å². The van der Waals surface area contributed by atoms with Gasteiger partial charge in [-0.05, 0) is 30.0 Å². The summed E-state index contributed by atoms with van der Waals surface area (Å²) < 4.78 is 0.